The quantitative estimate of drug-likeness (QED) is 0.602. The number of halogens is 2. The molecule has 0 spiro atoms. The summed E-state index contributed by atoms with van der Waals surface area (Å²) in [5.74, 6) is -0.973. The van der Waals surface area contributed by atoms with Crippen molar-refractivity contribution in [1.29, 1.82) is 0 Å². The summed E-state index contributed by atoms with van der Waals surface area (Å²) in [4.78, 5) is 3.96. The molecule has 0 unspecified atom stereocenters. The van der Waals surface area contributed by atoms with Crippen molar-refractivity contribution in [1.82, 2.24) is 0 Å². The molecule has 88 valence electrons. The van der Waals surface area contributed by atoms with Crippen molar-refractivity contribution >= 4 is 11.6 Å². The van der Waals surface area contributed by atoms with Crippen molar-refractivity contribution in [2.24, 2.45) is 10.7 Å². The van der Waals surface area contributed by atoms with Gasteiger partial charge in [-0.15, -0.1) is 0 Å². The first-order valence-corrected chi connectivity index (χ1v) is 4.96. The van der Waals surface area contributed by atoms with Crippen molar-refractivity contribution < 1.29 is 8.78 Å². The average molecular weight is 227 g/mol. The number of hydrogen-bond donors (Lipinski definition) is 2. The smallest absolute Gasteiger partial charge is 0.193 e. The van der Waals surface area contributed by atoms with E-state index < -0.39 is 11.6 Å². The van der Waals surface area contributed by atoms with Gasteiger partial charge in [0.15, 0.2) is 5.96 Å². The molecule has 1 aromatic rings. The largest absolute Gasteiger partial charge is 0.370 e. The number of aryl methyl sites for hydroxylation is 1. The summed E-state index contributed by atoms with van der Waals surface area (Å²) < 4.78 is 26.6. The normalized spacial score (nSPS) is 12.0. The fourth-order valence-electron chi connectivity index (χ4n) is 1.19. The Morgan fingerprint density at radius 2 is 1.94 bits per heavy atom. The van der Waals surface area contributed by atoms with E-state index in [1.807, 2.05) is 13.8 Å². The summed E-state index contributed by atoms with van der Waals surface area (Å²) in [6.45, 7) is 5.16. The summed E-state index contributed by atoms with van der Waals surface area (Å²) in [6, 6.07) is 2.17. The van der Waals surface area contributed by atoms with Crippen LogP contribution in [0.25, 0.3) is 0 Å². The Morgan fingerprint density at radius 3 is 2.50 bits per heavy atom. The van der Waals surface area contributed by atoms with Gasteiger partial charge >= 0.3 is 0 Å². The zero-order valence-electron chi connectivity index (χ0n) is 9.51. The molecule has 0 aliphatic carbocycles. The van der Waals surface area contributed by atoms with Crippen LogP contribution in [0.3, 0.4) is 0 Å². The number of hydrogen-bond acceptors (Lipinski definition) is 1. The van der Waals surface area contributed by atoms with Crippen LogP contribution in [0.2, 0.25) is 0 Å². The zero-order chi connectivity index (χ0) is 12.3. The van der Waals surface area contributed by atoms with E-state index in [9.17, 15) is 8.78 Å². The van der Waals surface area contributed by atoms with Gasteiger partial charge < -0.3 is 11.1 Å². The lowest BCUT2D eigenvalue weighted by Gasteiger charge is -2.09. The number of benzene rings is 1. The maximum atomic E-state index is 13.4. The van der Waals surface area contributed by atoms with Gasteiger partial charge in [-0.25, -0.2) is 8.78 Å². The van der Waals surface area contributed by atoms with E-state index >= 15 is 0 Å². The number of nitrogens with one attached hydrogen (secondary N) is 1. The fourth-order valence-corrected chi connectivity index (χ4v) is 1.19. The van der Waals surface area contributed by atoms with Crippen molar-refractivity contribution in [3.8, 4) is 0 Å². The van der Waals surface area contributed by atoms with Crippen LogP contribution < -0.4 is 11.1 Å². The molecule has 0 fully saturated rings. The molecule has 0 saturated carbocycles. The van der Waals surface area contributed by atoms with Crippen molar-refractivity contribution in [2.45, 2.75) is 26.8 Å². The minimum atomic E-state index is -0.555. The number of nitrogens with zero attached hydrogens (tertiary/aromatic N) is 1. The Morgan fingerprint density at radius 1 is 1.31 bits per heavy atom. The van der Waals surface area contributed by atoms with E-state index in [1.165, 1.54) is 6.92 Å². The van der Waals surface area contributed by atoms with Crippen LogP contribution in [-0.4, -0.2) is 12.0 Å². The SMILES string of the molecule is Cc1cc(F)c(NC(N)=NC(C)C)cc1F. The van der Waals surface area contributed by atoms with Crippen LogP contribution in [-0.2, 0) is 0 Å². The van der Waals surface area contributed by atoms with E-state index in [4.69, 9.17) is 5.73 Å². The second kappa shape index (κ2) is 4.92. The molecule has 5 heteroatoms. The third-order valence-corrected chi connectivity index (χ3v) is 1.91. The van der Waals surface area contributed by atoms with Gasteiger partial charge in [0.25, 0.3) is 0 Å². The lowest BCUT2D eigenvalue weighted by atomic mass is 10.2. The predicted molar refractivity (Wildman–Crippen MR) is 61.5 cm³/mol. The van der Waals surface area contributed by atoms with Crippen LogP contribution >= 0.6 is 0 Å². The number of guanidine groups is 1. The van der Waals surface area contributed by atoms with Crippen LogP contribution in [0, 0.1) is 18.6 Å². The van der Waals surface area contributed by atoms with Crippen LogP contribution in [0.1, 0.15) is 19.4 Å². The maximum absolute atomic E-state index is 13.4. The van der Waals surface area contributed by atoms with Gasteiger partial charge in [-0.3, -0.25) is 4.99 Å². The number of anilines is 1. The van der Waals surface area contributed by atoms with Crippen molar-refractivity contribution in [3.63, 3.8) is 0 Å². The minimum Gasteiger partial charge on any atom is -0.370 e. The second-order valence-electron chi connectivity index (χ2n) is 3.81. The molecule has 1 rings (SSSR count). The summed E-state index contributed by atoms with van der Waals surface area (Å²) in [5.41, 5.74) is 5.76. The highest BCUT2D eigenvalue weighted by Gasteiger charge is 2.08. The molecular weight excluding hydrogens is 212 g/mol. The summed E-state index contributed by atoms with van der Waals surface area (Å²) >= 11 is 0. The monoisotopic (exact) mass is 227 g/mol. The Hall–Kier alpha value is -1.65. The average Bonchev–Trinajstić information content (AvgIpc) is 2.12. The van der Waals surface area contributed by atoms with Crippen LogP contribution in [0.4, 0.5) is 14.5 Å². The lowest BCUT2D eigenvalue weighted by molar-refractivity contribution is 0.596. The third-order valence-electron chi connectivity index (χ3n) is 1.91. The molecule has 1 aromatic carbocycles. The van der Waals surface area contributed by atoms with Gasteiger partial charge in [0.05, 0.1) is 5.69 Å². The fraction of sp³-hybridized carbons (Fsp3) is 0.364. The van der Waals surface area contributed by atoms with E-state index in [1.54, 1.807) is 0 Å². The number of rotatable bonds is 2. The first-order valence-electron chi connectivity index (χ1n) is 4.96. The molecule has 0 saturated heterocycles. The standard InChI is InChI=1S/C11H15F2N3/c1-6(2)15-11(14)16-10-5-8(12)7(3)4-9(10)13/h4-6H,1-3H3,(H3,14,15,16). The molecule has 0 heterocycles. The van der Waals surface area contributed by atoms with Gasteiger partial charge in [-0.2, -0.15) is 0 Å². The molecule has 3 N–H and O–H groups in total. The van der Waals surface area contributed by atoms with E-state index in [-0.39, 0.29) is 23.3 Å². The van der Waals surface area contributed by atoms with Crippen molar-refractivity contribution in [3.05, 3.63) is 29.3 Å². The van der Waals surface area contributed by atoms with Gasteiger partial charge in [0, 0.05) is 12.1 Å². The van der Waals surface area contributed by atoms with Crippen molar-refractivity contribution in [2.75, 3.05) is 5.32 Å². The second-order valence-corrected chi connectivity index (χ2v) is 3.81. The lowest BCUT2D eigenvalue weighted by Crippen LogP contribution is -2.24. The molecule has 0 bridgehead atoms. The molecule has 0 aliphatic rings. The van der Waals surface area contributed by atoms with Gasteiger partial charge in [0.2, 0.25) is 0 Å². The zero-order valence-corrected chi connectivity index (χ0v) is 9.51. The molecule has 0 amide bonds. The molecule has 3 nitrogen and oxygen atoms in total. The Labute approximate surface area is 93.4 Å². The molecule has 0 aromatic heterocycles. The highest BCUT2D eigenvalue weighted by molar-refractivity contribution is 5.92. The third kappa shape index (κ3) is 3.18. The number of nitrogens with two attached hydrogens (primary N) is 1. The topological polar surface area (TPSA) is 50.4 Å². The van der Waals surface area contributed by atoms with Gasteiger partial charge in [-0.1, -0.05) is 0 Å². The first-order chi connectivity index (χ1) is 7.40. The van der Waals surface area contributed by atoms with E-state index in [0.29, 0.717) is 0 Å². The van der Waals surface area contributed by atoms with Gasteiger partial charge in [-0.05, 0) is 32.4 Å². The van der Waals surface area contributed by atoms with Gasteiger partial charge in [0.1, 0.15) is 11.6 Å². The number of aliphatic imine (C=N–C) groups is 1. The van der Waals surface area contributed by atoms with E-state index in [2.05, 4.69) is 10.3 Å². The molecule has 0 radical (unpaired) electrons. The summed E-state index contributed by atoms with van der Waals surface area (Å²) in [6.07, 6.45) is 0. The minimum absolute atomic E-state index is 0.00847. The Kier molecular flexibility index (Phi) is 3.82. The Bertz CT molecular complexity index is 414. The molecule has 0 aliphatic heterocycles. The highest BCUT2D eigenvalue weighted by atomic mass is 19.1. The molecule has 16 heavy (non-hydrogen) atoms. The summed E-state index contributed by atoms with van der Waals surface area (Å²) in [5, 5.41) is 2.52. The molecular formula is C11H15F2N3. The summed E-state index contributed by atoms with van der Waals surface area (Å²) in [7, 11) is 0. The first kappa shape index (κ1) is 12.4. The Balaban J connectivity index is 2.94. The predicted octanol–water partition coefficient (Wildman–Crippen LogP) is 2.41. The van der Waals surface area contributed by atoms with E-state index in [0.717, 1.165) is 12.1 Å². The highest BCUT2D eigenvalue weighted by Crippen LogP contribution is 2.18. The van der Waals surface area contributed by atoms with Crippen LogP contribution in [0.15, 0.2) is 17.1 Å². The maximum Gasteiger partial charge on any atom is 0.193 e. The van der Waals surface area contributed by atoms with Crippen LogP contribution in [0.5, 0.6) is 0 Å². The molecule has 0 atom stereocenters.